The molecular weight excluding hydrogens is 280 g/mol. The van der Waals surface area contributed by atoms with Gasteiger partial charge in [-0.15, -0.1) is 0 Å². The molecule has 0 bridgehead atoms. The number of benzene rings is 1. The number of methoxy groups -OCH3 is 1. The molecule has 20 heavy (non-hydrogen) atoms. The Labute approximate surface area is 120 Å². The minimum Gasteiger partial charge on any atom is -0.467 e. The van der Waals surface area contributed by atoms with Crippen molar-refractivity contribution in [3.05, 3.63) is 47.0 Å². The number of aliphatic hydroxyl groups is 2. The minimum absolute atomic E-state index is 0.411. The van der Waals surface area contributed by atoms with E-state index in [-0.39, 0.29) is 0 Å². The molecule has 7 heteroatoms. The first kappa shape index (κ1) is 14.4. The molecule has 2 rings (SSSR count). The summed E-state index contributed by atoms with van der Waals surface area (Å²) >= 11 is 5.10. The van der Waals surface area contributed by atoms with Crippen LogP contribution in [0.4, 0.5) is 0 Å². The normalized spacial score (nSPS) is 13.8. The molecule has 2 aromatic rings. The minimum atomic E-state index is -1.61. The number of aromatic amines is 1. The Morgan fingerprint density at radius 3 is 2.50 bits per heavy atom. The van der Waals surface area contributed by atoms with Crippen LogP contribution >= 0.6 is 12.2 Å². The first-order valence-electron chi connectivity index (χ1n) is 5.85. The Hall–Kier alpha value is -1.96. The maximum Gasteiger partial charge on any atom is 0.337 e. The third-order valence-electron chi connectivity index (χ3n) is 2.90. The van der Waals surface area contributed by atoms with Gasteiger partial charge in [-0.3, -0.25) is 4.57 Å². The van der Waals surface area contributed by atoms with Gasteiger partial charge in [0.25, 0.3) is 0 Å². The van der Waals surface area contributed by atoms with Crippen LogP contribution in [-0.2, 0) is 9.53 Å². The first-order chi connectivity index (χ1) is 9.54. The summed E-state index contributed by atoms with van der Waals surface area (Å²) < 4.78 is 6.68. The maximum absolute atomic E-state index is 11.2. The van der Waals surface area contributed by atoms with E-state index in [0.717, 1.165) is 12.8 Å². The summed E-state index contributed by atoms with van der Waals surface area (Å²) in [6.07, 6.45) is 0.541. The van der Waals surface area contributed by atoms with Gasteiger partial charge in [0.15, 0.2) is 10.9 Å². The van der Waals surface area contributed by atoms with Crippen LogP contribution in [0.1, 0.15) is 11.7 Å². The lowest BCUT2D eigenvalue weighted by Gasteiger charge is -2.16. The largest absolute Gasteiger partial charge is 0.467 e. The SMILES string of the molecule is COC(=O)C(O)C(O)c1ccc(-n2cc[nH]c2=S)cc1. The van der Waals surface area contributed by atoms with Crippen molar-refractivity contribution in [2.45, 2.75) is 12.2 Å². The van der Waals surface area contributed by atoms with Gasteiger partial charge in [-0.1, -0.05) is 12.1 Å². The second-order valence-electron chi connectivity index (χ2n) is 4.14. The molecule has 0 radical (unpaired) electrons. The van der Waals surface area contributed by atoms with Gasteiger partial charge in [0.1, 0.15) is 6.10 Å². The summed E-state index contributed by atoms with van der Waals surface area (Å²) in [6.45, 7) is 0. The zero-order valence-electron chi connectivity index (χ0n) is 10.7. The van der Waals surface area contributed by atoms with E-state index >= 15 is 0 Å². The van der Waals surface area contributed by atoms with Crippen LogP contribution in [-0.4, -0.2) is 38.9 Å². The molecule has 6 nitrogen and oxygen atoms in total. The van der Waals surface area contributed by atoms with E-state index in [0.29, 0.717) is 10.3 Å². The lowest BCUT2D eigenvalue weighted by molar-refractivity contribution is -0.156. The Morgan fingerprint density at radius 2 is 2.00 bits per heavy atom. The second-order valence-corrected chi connectivity index (χ2v) is 4.53. The van der Waals surface area contributed by atoms with Crippen LogP contribution in [0.2, 0.25) is 0 Å². The van der Waals surface area contributed by atoms with Crippen molar-refractivity contribution in [1.29, 1.82) is 0 Å². The standard InChI is InChI=1S/C13H14N2O4S/c1-19-12(18)11(17)10(16)8-2-4-9(5-3-8)15-7-6-14-13(15)20/h2-7,10-11,16-17H,1H3,(H,14,20). The van der Waals surface area contributed by atoms with Gasteiger partial charge in [-0.25, -0.2) is 4.79 Å². The van der Waals surface area contributed by atoms with Crippen molar-refractivity contribution in [2.24, 2.45) is 0 Å². The van der Waals surface area contributed by atoms with Gasteiger partial charge >= 0.3 is 5.97 Å². The van der Waals surface area contributed by atoms with Crippen LogP contribution in [0.5, 0.6) is 0 Å². The molecule has 0 amide bonds. The highest BCUT2D eigenvalue weighted by Gasteiger charge is 2.26. The van der Waals surface area contributed by atoms with E-state index in [9.17, 15) is 15.0 Å². The zero-order valence-corrected chi connectivity index (χ0v) is 11.5. The lowest BCUT2D eigenvalue weighted by atomic mass is 10.0. The van der Waals surface area contributed by atoms with Gasteiger partial charge in [-0.2, -0.15) is 0 Å². The fraction of sp³-hybridized carbons (Fsp3) is 0.231. The quantitative estimate of drug-likeness (QED) is 0.580. The number of H-pyrrole nitrogens is 1. The number of esters is 1. The van der Waals surface area contributed by atoms with Crippen molar-refractivity contribution in [3.8, 4) is 5.69 Å². The van der Waals surface area contributed by atoms with Crippen molar-refractivity contribution in [1.82, 2.24) is 9.55 Å². The van der Waals surface area contributed by atoms with Crippen molar-refractivity contribution in [2.75, 3.05) is 7.11 Å². The number of ether oxygens (including phenoxy) is 1. The smallest absolute Gasteiger partial charge is 0.337 e. The number of carbonyl (C=O) groups is 1. The molecule has 0 saturated carbocycles. The number of nitrogens with zero attached hydrogens (tertiary/aromatic N) is 1. The molecule has 0 spiro atoms. The van der Waals surface area contributed by atoms with Gasteiger partial charge < -0.3 is 19.9 Å². The summed E-state index contributed by atoms with van der Waals surface area (Å²) in [6, 6.07) is 6.68. The third-order valence-corrected chi connectivity index (χ3v) is 3.22. The number of aromatic nitrogens is 2. The second kappa shape index (κ2) is 6.00. The van der Waals surface area contributed by atoms with Crippen molar-refractivity contribution >= 4 is 18.2 Å². The number of nitrogens with one attached hydrogen (secondary N) is 1. The van der Waals surface area contributed by atoms with Gasteiger partial charge in [0, 0.05) is 18.1 Å². The number of imidazole rings is 1. The van der Waals surface area contributed by atoms with Crippen molar-refractivity contribution < 1.29 is 19.7 Å². The molecule has 0 fully saturated rings. The molecule has 1 heterocycles. The van der Waals surface area contributed by atoms with E-state index in [1.54, 1.807) is 41.2 Å². The molecule has 2 unspecified atom stereocenters. The van der Waals surface area contributed by atoms with E-state index < -0.39 is 18.2 Å². The van der Waals surface area contributed by atoms with E-state index in [1.807, 2.05) is 0 Å². The highest BCUT2D eigenvalue weighted by molar-refractivity contribution is 7.71. The fourth-order valence-electron chi connectivity index (χ4n) is 1.79. The number of hydrogen-bond acceptors (Lipinski definition) is 5. The van der Waals surface area contributed by atoms with E-state index in [1.165, 1.54) is 0 Å². The Morgan fingerprint density at radius 1 is 1.35 bits per heavy atom. The molecule has 106 valence electrons. The van der Waals surface area contributed by atoms with Crippen LogP contribution in [0.25, 0.3) is 5.69 Å². The molecule has 1 aromatic heterocycles. The summed E-state index contributed by atoms with van der Waals surface area (Å²) in [5, 5.41) is 19.5. The highest BCUT2D eigenvalue weighted by Crippen LogP contribution is 2.19. The Balaban J connectivity index is 2.22. The summed E-state index contributed by atoms with van der Waals surface area (Å²) in [7, 11) is 1.15. The number of rotatable bonds is 4. The highest BCUT2D eigenvalue weighted by atomic mass is 32.1. The van der Waals surface area contributed by atoms with Crippen LogP contribution in [0.15, 0.2) is 36.7 Å². The van der Waals surface area contributed by atoms with Crippen LogP contribution < -0.4 is 0 Å². The number of hydrogen-bond donors (Lipinski definition) is 3. The molecular formula is C13H14N2O4S. The predicted octanol–water partition coefficient (Wildman–Crippen LogP) is 1.10. The molecule has 3 N–H and O–H groups in total. The summed E-state index contributed by atoms with van der Waals surface area (Å²) in [5.41, 5.74) is 1.22. The van der Waals surface area contributed by atoms with Gasteiger partial charge in [0.05, 0.1) is 7.11 Å². The summed E-state index contributed by atoms with van der Waals surface area (Å²) in [5.74, 6) is -0.880. The van der Waals surface area contributed by atoms with Gasteiger partial charge in [0.2, 0.25) is 0 Å². The average Bonchev–Trinajstić information content (AvgIpc) is 2.91. The average molecular weight is 294 g/mol. The Kier molecular flexibility index (Phi) is 4.33. The molecule has 1 aromatic carbocycles. The zero-order chi connectivity index (χ0) is 14.7. The topological polar surface area (TPSA) is 87.5 Å². The van der Waals surface area contributed by atoms with Crippen LogP contribution in [0.3, 0.4) is 0 Å². The molecule has 0 saturated heterocycles. The van der Waals surface area contributed by atoms with E-state index in [4.69, 9.17) is 12.2 Å². The lowest BCUT2D eigenvalue weighted by Crippen LogP contribution is -2.29. The van der Waals surface area contributed by atoms with E-state index in [2.05, 4.69) is 9.72 Å². The molecule has 0 aliphatic rings. The maximum atomic E-state index is 11.2. The molecule has 2 atom stereocenters. The third kappa shape index (κ3) is 2.79. The molecule has 0 aliphatic carbocycles. The van der Waals surface area contributed by atoms with Crippen LogP contribution in [0, 0.1) is 4.77 Å². The van der Waals surface area contributed by atoms with Crippen molar-refractivity contribution in [3.63, 3.8) is 0 Å². The predicted molar refractivity (Wildman–Crippen MR) is 73.9 cm³/mol. The monoisotopic (exact) mass is 294 g/mol. The molecule has 0 aliphatic heterocycles. The van der Waals surface area contributed by atoms with Gasteiger partial charge in [-0.05, 0) is 29.9 Å². The number of aliphatic hydroxyl groups excluding tert-OH is 2. The fourth-order valence-corrected chi connectivity index (χ4v) is 2.02. The Bertz CT molecular complexity index is 647. The first-order valence-corrected chi connectivity index (χ1v) is 6.25. The number of carbonyl (C=O) groups excluding carboxylic acids is 1. The summed E-state index contributed by atoms with van der Waals surface area (Å²) in [4.78, 5) is 14.0.